The van der Waals surface area contributed by atoms with E-state index in [1.165, 1.54) is 20.3 Å². The van der Waals surface area contributed by atoms with Crippen LogP contribution in [0.5, 0.6) is 11.5 Å². The van der Waals surface area contributed by atoms with Gasteiger partial charge in [0, 0.05) is 23.3 Å². The van der Waals surface area contributed by atoms with Crippen molar-refractivity contribution in [3.05, 3.63) is 83.9 Å². The number of hydrogen-bond acceptors (Lipinski definition) is 5. The molecule has 7 nitrogen and oxygen atoms in total. The van der Waals surface area contributed by atoms with Crippen LogP contribution in [0, 0.1) is 0 Å². The minimum absolute atomic E-state index is 0.296. The third kappa shape index (κ3) is 5.48. The predicted octanol–water partition coefficient (Wildman–Crippen LogP) is 4.17. The summed E-state index contributed by atoms with van der Waals surface area (Å²) >= 11 is 0. The van der Waals surface area contributed by atoms with Gasteiger partial charge in [-0.05, 0) is 12.1 Å². The minimum Gasteiger partial charge on any atom is -0.494 e. The molecule has 0 spiro atoms. The van der Waals surface area contributed by atoms with Crippen molar-refractivity contribution in [1.29, 1.82) is 0 Å². The first-order chi connectivity index (χ1) is 15.0. The average Bonchev–Trinajstić information content (AvgIpc) is 2.80. The van der Waals surface area contributed by atoms with Crippen LogP contribution in [0.25, 0.3) is 0 Å². The SMILES string of the molecule is COc1cc(NC(=O)c2ccccc2)c(OC)cc1NC(=O)CC(=O)c1ccccc1. The normalized spacial score (nSPS) is 10.1. The molecule has 0 fully saturated rings. The molecule has 0 aliphatic heterocycles. The quantitative estimate of drug-likeness (QED) is 0.423. The number of ether oxygens (including phenoxy) is 2. The molecule has 0 bridgehead atoms. The fourth-order valence-electron chi connectivity index (χ4n) is 2.94. The fourth-order valence-corrected chi connectivity index (χ4v) is 2.94. The van der Waals surface area contributed by atoms with E-state index >= 15 is 0 Å². The van der Waals surface area contributed by atoms with Gasteiger partial charge in [0.1, 0.15) is 11.5 Å². The second-order valence-corrected chi connectivity index (χ2v) is 6.59. The summed E-state index contributed by atoms with van der Waals surface area (Å²) in [4.78, 5) is 37.2. The number of Topliss-reactive ketones (excluding diaryl/α,β-unsaturated/α-hetero) is 1. The van der Waals surface area contributed by atoms with Gasteiger partial charge >= 0.3 is 0 Å². The molecule has 31 heavy (non-hydrogen) atoms. The molecular formula is C24H22N2O5. The summed E-state index contributed by atoms with van der Waals surface area (Å²) in [5, 5.41) is 5.45. The summed E-state index contributed by atoms with van der Waals surface area (Å²) in [5.41, 5.74) is 1.65. The molecule has 2 amide bonds. The van der Waals surface area contributed by atoms with Crippen LogP contribution in [0.4, 0.5) is 11.4 Å². The number of benzene rings is 3. The summed E-state index contributed by atoms with van der Waals surface area (Å²) in [6, 6.07) is 20.4. The van der Waals surface area contributed by atoms with E-state index in [-0.39, 0.29) is 18.1 Å². The number of ketones is 1. The number of amides is 2. The minimum atomic E-state index is -0.490. The highest BCUT2D eigenvalue weighted by Crippen LogP contribution is 2.36. The number of nitrogens with one attached hydrogen (secondary N) is 2. The maximum Gasteiger partial charge on any atom is 0.255 e. The molecule has 3 aromatic rings. The highest BCUT2D eigenvalue weighted by molar-refractivity contribution is 6.11. The standard InChI is InChI=1S/C24H22N2O5/c1-30-21-14-19(26-24(29)17-11-7-4-8-12-17)22(31-2)13-18(21)25-23(28)15-20(27)16-9-5-3-6-10-16/h3-14H,15H2,1-2H3,(H,25,28)(H,26,29). The lowest BCUT2D eigenvalue weighted by molar-refractivity contribution is -0.115. The van der Waals surface area contributed by atoms with E-state index in [1.807, 2.05) is 6.07 Å². The molecule has 0 radical (unpaired) electrons. The second-order valence-electron chi connectivity index (χ2n) is 6.59. The molecule has 3 aromatic carbocycles. The summed E-state index contributed by atoms with van der Waals surface area (Å²) in [6.45, 7) is 0. The zero-order chi connectivity index (χ0) is 22.2. The Kier molecular flexibility index (Phi) is 7.01. The number of carbonyl (C=O) groups is 3. The van der Waals surface area contributed by atoms with Crippen molar-refractivity contribution in [2.75, 3.05) is 24.9 Å². The molecule has 0 atom stereocenters. The number of carbonyl (C=O) groups excluding carboxylic acids is 3. The van der Waals surface area contributed by atoms with Crippen LogP contribution >= 0.6 is 0 Å². The Balaban J connectivity index is 1.77. The maximum absolute atomic E-state index is 12.5. The lowest BCUT2D eigenvalue weighted by Gasteiger charge is -2.16. The van der Waals surface area contributed by atoms with Crippen molar-refractivity contribution in [2.24, 2.45) is 0 Å². The van der Waals surface area contributed by atoms with E-state index in [1.54, 1.807) is 60.7 Å². The molecule has 0 aliphatic rings. The van der Waals surface area contributed by atoms with Crippen molar-refractivity contribution in [2.45, 2.75) is 6.42 Å². The Morgan fingerprint density at radius 2 is 1.19 bits per heavy atom. The Morgan fingerprint density at radius 3 is 1.71 bits per heavy atom. The van der Waals surface area contributed by atoms with Gasteiger partial charge in [-0.2, -0.15) is 0 Å². The van der Waals surface area contributed by atoms with E-state index < -0.39 is 5.91 Å². The van der Waals surface area contributed by atoms with Crippen molar-refractivity contribution in [3.8, 4) is 11.5 Å². The van der Waals surface area contributed by atoms with Crippen LogP contribution < -0.4 is 20.1 Å². The van der Waals surface area contributed by atoms with Gasteiger partial charge in [-0.25, -0.2) is 0 Å². The third-order valence-corrected chi connectivity index (χ3v) is 4.50. The fraction of sp³-hybridized carbons (Fsp3) is 0.125. The smallest absolute Gasteiger partial charge is 0.255 e. The molecule has 0 saturated heterocycles. The first-order valence-electron chi connectivity index (χ1n) is 9.52. The van der Waals surface area contributed by atoms with Crippen molar-refractivity contribution >= 4 is 29.0 Å². The van der Waals surface area contributed by atoms with Crippen molar-refractivity contribution in [1.82, 2.24) is 0 Å². The highest BCUT2D eigenvalue weighted by Gasteiger charge is 2.18. The molecule has 0 unspecified atom stereocenters. The molecule has 0 aliphatic carbocycles. The molecular weight excluding hydrogens is 396 g/mol. The van der Waals surface area contributed by atoms with Gasteiger partial charge in [0.2, 0.25) is 5.91 Å². The van der Waals surface area contributed by atoms with Crippen molar-refractivity contribution in [3.63, 3.8) is 0 Å². The monoisotopic (exact) mass is 418 g/mol. The molecule has 0 saturated carbocycles. The Morgan fingerprint density at radius 1 is 0.710 bits per heavy atom. The Bertz CT molecular complexity index is 1080. The highest BCUT2D eigenvalue weighted by atomic mass is 16.5. The van der Waals surface area contributed by atoms with Crippen LogP contribution in [0.1, 0.15) is 27.1 Å². The number of anilines is 2. The Hall–Kier alpha value is -4.13. The van der Waals surface area contributed by atoms with Gasteiger partial charge in [-0.1, -0.05) is 48.5 Å². The molecule has 3 rings (SSSR count). The predicted molar refractivity (Wildman–Crippen MR) is 118 cm³/mol. The summed E-state index contributed by atoms with van der Waals surface area (Å²) in [6.07, 6.45) is -0.317. The summed E-state index contributed by atoms with van der Waals surface area (Å²) in [7, 11) is 2.89. The van der Waals surface area contributed by atoms with Crippen LogP contribution in [0.2, 0.25) is 0 Å². The molecule has 2 N–H and O–H groups in total. The lowest BCUT2D eigenvalue weighted by Crippen LogP contribution is -2.17. The van der Waals surface area contributed by atoms with E-state index in [4.69, 9.17) is 9.47 Å². The topological polar surface area (TPSA) is 93.7 Å². The molecule has 0 aromatic heterocycles. The summed E-state index contributed by atoms with van der Waals surface area (Å²) in [5.74, 6) is -0.461. The van der Waals surface area contributed by atoms with Gasteiger partial charge in [0.25, 0.3) is 5.91 Å². The van der Waals surface area contributed by atoms with Crippen LogP contribution in [-0.4, -0.2) is 31.8 Å². The van der Waals surface area contributed by atoms with Crippen molar-refractivity contribution < 1.29 is 23.9 Å². The van der Waals surface area contributed by atoms with Crippen LogP contribution in [0.3, 0.4) is 0 Å². The lowest BCUT2D eigenvalue weighted by atomic mass is 10.1. The average molecular weight is 418 g/mol. The first-order valence-corrected chi connectivity index (χ1v) is 9.52. The number of rotatable bonds is 8. The molecule has 158 valence electrons. The third-order valence-electron chi connectivity index (χ3n) is 4.50. The van der Waals surface area contributed by atoms with Gasteiger partial charge in [0.15, 0.2) is 5.78 Å². The van der Waals surface area contributed by atoms with Gasteiger partial charge in [-0.3, -0.25) is 14.4 Å². The van der Waals surface area contributed by atoms with E-state index in [0.717, 1.165) is 0 Å². The first kappa shape index (κ1) is 21.6. The van der Waals surface area contributed by atoms with Crippen LogP contribution in [0.15, 0.2) is 72.8 Å². The zero-order valence-corrected chi connectivity index (χ0v) is 17.2. The molecule has 7 heteroatoms. The van der Waals surface area contributed by atoms with Crippen LogP contribution in [-0.2, 0) is 4.79 Å². The number of methoxy groups -OCH3 is 2. The number of hydrogen-bond donors (Lipinski definition) is 2. The molecule has 0 heterocycles. The largest absolute Gasteiger partial charge is 0.494 e. The van der Waals surface area contributed by atoms with E-state index in [9.17, 15) is 14.4 Å². The Labute approximate surface area is 180 Å². The van der Waals surface area contributed by atoms with Gasteiger partial charge in [0.05, 0.1) is 32.0 Å². The summed E-state index contributed by atoms with van der Waals surface area (Å²) < 4.78 is 10.7. The van der Waals surface area contributed by atoms with E-state index in [2.05, 4.69) is 10.6 Å². The van der Waals surface area contributed by atoms with E-state index in [0.29, 0.717) is 34.0 Å². The zero-order valence-electron chi connectivity index (χ0n) is 17.2. The second kappa shape index (κ2) is 10.1. The van der Waals surface area contributed by atoms with Gasteiger partial charge < -0.3 is 20.1 Å². The van der Waals surface area contributed by atoms with Gasteiger partial charge in [-0.15, -0.1) is 0 Å². The maximum atomic E-state index is 12.5.